The van der Waals surface area contributed by atoms with E-state index in [0.29, 0.717) is 5.95 Å². The van der Waals surface area contributed by atoms with Crippen molar-refractivity contribution < 1.29 is 0 Å². The molecule has 0 saturated heterocycles. The Morgan fingerprint density at radius 1 is 1.42 bits per heavy atom. The van der Waals surface area contributed by atoms with Crippen molar-refractivity contribution in [3.8, 4) is 0 Å². The molecule has 1 aliphatic rings. The highest BCUT2D eigenvalue weighted by molar-refractivity contribution is 5.73. The molecule has 0 unspecified atom stereocenters. The molecule has 1 saturated carbocycles. The van der Waals surface area contributed by atoms with E-state index in [9.17, 15) is 0 Å². The first-order valence-electron chi connectivity index (χ1n) is 7.02. The minimum atomic E-state index is 0.563. The van der Waals surface area contributed by atoms with Crippen LogP contribution in [-0.2, 0) is 6.54 Å². The normalized spacial score (nSPS) is 16.7. The molecule has 0 bridgehead atoms. The second-order valence-corrected chi connectivity index (χ2v) is 5.39. The van der Waals surface area contributed by atoms with Crippen molar-refractivity contribution in [3.63, 3.8) is 0 Å². The third-order valence-electron chi connectivity index (χ3n) is 4.16. The van der Waals surface area contributed by atoms with Crippen molar-refractivity contribution in [3.05, 3.63) is 18.3 Å². The standard InChI is InChI=1S/C14H21N5/c1-18(11-5-2-3-6-11)9-10-19-13-12(17-14(19)15)7-4-8-16-13/h4,7-8,11H,2-3,5-6,9-10H2,1H3,(H2,15,17). The van der Waals surface area contributed by atoms with Crippen LogP contribution in [-0.4, -0.2) is 39.1 Å². The molecule has 2 aromatic heterocycles. The summed E-state index contributed by atoms with van der Waals surface area (Å²) in [6.45, 7) is 1.85. The molecule has 0 amide bonds. The van der Waals surface area contributed by atoms with E-state index >= 15 is 0 Å². The summed E-state index contributed by atoms with van der Waals surface area (Å²) >= 11 is 0. The number of pyridine rings is 1. The fourth-order valence-electron chi connectivity index (χ4n) is 2.98. The van der Waals surface area contributed by atoms with Crippen LogP contribution in [0.3, 0.4) is 0 Å². The van der Waals surface area contributed by atoms with Crippen LogP contribution in [0, 0.1) is 0 Å². The van der Waals surface area contributed by atoms with Gasteiger partial charge in [0.25, 0.3) is 0 Å². The smallest absolute Gasteiger partial charge is 0.202 e. The SMILES string of the molecule is CN(CCn1c(N)nc2cccnc21)C1CCCC1. The van der Waals surface area contributed by atoms with Crippen molar-refractivity contribution in [2.24, 2.45) is 0 Å². The Labute approximate surface area is 113 Å². The van der Waals surface area contributed by atoms with Crippen LogP contribution in [0.25, 0.3) is 11.2 Å². The molecular formula is C14H21N5. The number of nitrogens with two attached hydrogens (primary N) is 1. The fourth-order valence-corrected chi connectivity index (χ4v) is 2.98. The number of aromatic nitrogens is 3. The summed E-state index contributed by atoms with van der Waals surface area (Å²) in [4.78, 5) is 11.2. The molecule has 2 aromatic rings. The molecule has 5 nitrogen and oxygen atoms in total. The van der Waals surface area contributed by atoms with E-state index in [1.165, 1.54) is 25.7 Å². The van der Waals surface area contributed by atoms with Gasteiger partial charge in [-0.15, -0.1) is 0 Å². The van der Waals surface area contributed by atoms with Crippen LogP contribution in [0.4, 0.5) is 5.95 Å². The number of hydrogen-bond donors (Lipinski definition) is 1. The predicted molar refractivity (Wildman–Crippen MR) is 76.8 cm³/mol. The van der Waals surface area contributed by atoms with Crippen molar-refractivity contribution in [1.29, 1.82) is 0 Å². The maximum Gasteiger partial charge on any atom is 0.202 e. The van der Waals surface area contributed by atoms with Crippen LogP contribution >= 0.6 is 0 Å². The molecule has 102 valence electrons. The first-order chi connectivity index (χ1) is 9.25. The first-order valence-corrected chi connectivity index (χ1v) is 7.02. The van der Waals surface area contributed by atoms with Gasteiger partial charge in [0.15, 0.2) is 5.65 Å². The van der Waals surface area contributed by atoms with E-state index < -0.39 is 0 Å². The number of anilines is 1. The molecule has 3 rings (SSSR count). The highest BCUT2D eigenvalue weighted by Crippen LogP contribution is 2.22. The summed E-state index contributed by atoms with van der Waals surface area (Å²) in [6.07, 6.45) is 7.18. The highest BCUT2D eigenvalue weighted by Gasteiger charge is 2.19. The Morgan fingerprint density at radius 2 is 2.21 bits per heavy atom. The number of nitrogen functional groups attached to an aromatic ring is 1. The third-order valence-corrected chi connectivity index (χ3v) is 4.16. The summed E-state index contributed by atoms with van der Waals surface area (Å²) in [7, 11) is 2.21. The van der Waals surface area contributed by atoms with Gasteiger partial charge in [-0.1, -0.05) is 12.8 Å². The summed E-state index contributed by atoms with van der Waals surface area (Å²) in [5.41, 5.74) is 7.75. The van der Waals surface area contributed by atoms with Gasteiger partial charge < -0.3 is 10.6 Å². The summed E-state index contributed by atoms with van der Waals surface area (Å²) in [5, 5.41) is 0. The molecular weight excluding hydrogens is 238 g/mol. The lowest BCUT2D eigenvalue weighted by Crippen LogP contribution is -2.32. The second-order valence-electron chi connectivity index (χ2n) is 5.39. The third kappa shape index (κ3) is 2.42. The molecule has 2 heterocycles. The van der Waals surface area contributed by atoms with Crippen LogP contribution in [0.1, 0.15) is 25.7 Å². The number of likely N-dealkylation sites (N-methyl/N-ethyl adjacent to an activating group) is 1. The Kier molecular flexibility index (Phi) is 3.38. The number of imidazole rings is 1. The van der Waals surface area contributed by atoms with Gasteiger partial charge in [0.2, 0.25) is 5.95 Å². The molecule has 0 atom stereocenters. The zero-order valence-electron chi connectivity index (χ0n) is 11.4. The molecule has 0 aliphatic heterocycles. The largest absolute Gasteiger partial charge is 0.369 e. The lowest BCUT2D eigenvalue weighted by atomic mass is 10.2. The van der Waals surface area contributed by atoms with Crippen LogP contribution < -0.4 is 5.73 Å². The average molecular weight is 259 g/mol. The Morgan fingerprint density at radius 3 is 3.00 bits per heavy atom. The molecule has 2 N–H and O–H groups in total. The average Bonchev–Trinajstić information content (AvgIpc) is 3.03. The first kappa shape index (κ1) is 12.4. The maximum absolute atomic E-state index is 5.99. The summed E-state index contributed by atoms with van der Waals surface area (Å²) in [5.74, 6) is 0.563. The van der Waals surface area contributed by atoms with Gasteiger partial charge in [-0.3, -0.25) is 4.57 Å². The van der Waals surface area contributed by atoms with Crippen molar-refractivity contribution in [2.45, 2.75) is 38.3 Å². The maximum atomic E-state index is 5.99. The topological polar surface area (TPSA) is 60.0 Å². The van der Waals surface area contributed by atoms with E-state index in [4.69, 9.17) is 5.73 Å². The summed E-state index contributed by atoms with van der Waals surface area (Å²) < 4.78 is 2.01. The molecule has 0 radical (unpaired) electrons. The fraction of sp³-hybridized carbons (Fsp3) is 0.571. The van der Waals surface area contributed by atoms with Gasteiger partial charge >= 0.3 is 0 Å². The minimum absolute atomic E-state index is 0.563. The molecule has 1 aliphatic carbocycles. The molecule has 5 heteroatoms. The molecule has 0 aromatic carbocycles. The minimum Gasteiger partial charge on any atom is -0.369 e. The van der Waals surface area contributed by atoms with E-state index in [0.717, 1.165) is 30.3 Å². The monoisotopic (exact) mass is 259 g/mol. The van der Waals surface area contributed by atoms with Crippen LogP contribution in [0.5, 0.6) is 0 Å². The zero-order valence-corrected chi connectivity index (χ0v) is 11.4. The lowest BCUT2D eigenvalue weighted by Gasteiger charge is -2.24. The van der Waals surface area contributed by atoms with E-state index in [-0.39, 0.29) is 0 Å². The Hall–Kier alpha value is -1.62. The Bertz CT molecular complexity index is 556. The second kappa shape index (κ2) is 5.17. The van der Waals surface area contributed by atoms with Crippen LogP contribution in [0.2, 0.25) is 0 Å². The number of fused-ring (bicyclic) bond motifs is 1. The molecule has 1 fully saturated rings. The van der Waals surface area contributed by atoms with Crippen molar-refractivity contribution in [2.75, 3.05) is 19.3 Å². The predicted octanol–water partition coefficient (Wildman–Crippen LogP) is 1.89. The van der Waals surface area contributed by atoms with Gasteiger partial charge in [-0.05, 0) is 32.0 Å². The van der Waals surface area contributed by atoms with Crippen molar-refractivity contribution in [1.82, 2.24) is 19.4 Å². The Balaban J connectivity index is 1.72. The van der Waals surface area contributed by atoms with E-state index in [1.54, 1.807) is 6.20 Å². The molecule has 19 heavy (non-hydrogen) atoms. The number of nitrogens with zero attached hydrogens (tertiary/aromatic N) is 4. The zero-order chi connectivity index (χ0) is 13.2. The van der Waals surface area contributed by atoms with Gasteiger partial charge in [0, 0.05) is 25.3 Å². The van der Waals surface area contributed by atoms with Gasteiger partial charge in [0.05, 0.1) is 0 Å². The van der Waals surface area contributed by atoms with Crippen molar-refractivity contribution >= 4 is 17.1 Å². The van der Waals surface area contributed by atoms with E-state index in [1.807, 2.05) is 16.7 Å². The highest BCUT2D eigenvalue weighted by atomic mass is 15.2. The summed E-state index contributed by atoms with van der Waals surface area (Å²) in [6, 6.07) is 4.59. The number of rotatable bonds is 4. The number of hydrogen-bond acceptors (Lipinski definition) is 4. The molecule has 0 spiro atoms. The quantitative estimate of drug-likeness (QED) is 0.911. The van der Waals surface area contributed by atoms with Gasteiger partial charge in [-0.2, -0.15) is 0 Å². The van der Waals surface area contributed by atoms with Gasteiger partial charge in [-0.25, -0.2) is 9.97 Å². The van der Waals surface area contributed by atoms with Crippen LogP contribution in [0.15, 0.2) is 18.3 Å². The lowest BCUT2D eigenvalue weighted by molar-refractivity contribution is 0.237. The van der Waals surface area contributed by atoms with Gasteiger partial charge in [0.1, 0.15) is 5.52 Å². The van der Waals surface area contributed by atoms with E-state index in [2.05, 4.69) is 21.9 Å².